The molecule has 33 N–H and O–H groups in total. The van der Waals surface area contributed by atoms with Crippen LogP contribution in [0.2, 0.25) is 0 Å². The van der Waals surface area contributed by atoms with Gasteiger partial charge in [0.25, 0.3) is 0 Å². The number of ether oxygens (including phenoxy) is 18. The van der Waals surface area contributed by atoms with Crippen LogP contribution in [0.4, 0.5) is 0 Å². The Labute approximate surface area is 731 Å². The van der Waals surface area contributed by atoms with Crippen LogP contribution < -0.4 is 31.9 Å². The molecule has 129 heavy (non-hydrogen) atoms. The van der Waals surface area contributed by atoms with E-state index in [0.717, 1.165) is 41.5 Å². The maximum absolute atomic E-state index is 13.2. The van der Waals surface area contributed by atoms with Gasteiger partial charge in [-0.25, -0.2) is 0 Å². The van der Waals surface area contributed by atoms with E-state index in [4.69, 9.17) is 85.3 Å². The molecule has 49 atom stereocenters. The van der Waals surface area contributed by atoms with Crippen LogP contribution in [-0.2, 0) is 114 Å². The molecule has 9 fully saturated rings. The predicted octanol–water partition coefficient (Wildman–Crippen LogP) is -22.3. The molecule has 0 aromatic carbocycles. The van der Waals surface area contributed by atoms with Crippen LogP contribution in [0.1, 0.15) is 41.5 Å². The van der Waals surface area contributed by atoms with Crippen molar-refractivity contribution in [1.29, 1.82) is 0 Å². The second-order valence-electron chi connectivity index (χ2n) is 32.2. The van der Waals surface area contributed by atoms with E-state index < -0.39 is 409 Å². The standard InChI is InChI=1S/C72H122N6O51/c1-18(88)73-24(7-79)40(95)57(25(94)8-80)123-67-38(77-22(5)92)51(106)58(31(14-86)119-67)125-70-56(111)61(47(102)34(121-70)17-113-71-62(128-65-36(75-20(3)90)49(104)42(97)27(10-82)115-65)53(108)45(100)33(122-71)16-112-64-35(74-19(2)89)48(103)41(96)26(9-81)114-64)127-72-63(129-66-37(76-21(4)91)50(105)43(98)28(11-83)116-66)55(110)59(32(15-87)120-72)124-68-39(78-23(6)93)60(46(101)30(13-85)117-68)126-69-54(109)52(107)44(99)29(12-84)118-69/h24-72,79-87,94-111H,7-17H2,1-6H3,(H,73,88)(H,74,89)(H,75,90)(H,76,91)(H,77,92)(H,78,93)/t24-,25+,26+,27+,28+,29+,30+,31+,32+,33+,34+,35+,36+,37+,38+,39+,40+,41+,42+,43+,44-,45+,46+,47+,48+,49+,50+,51+,52-,53-,54+,55-,56-,57+,58+,59+,60+,61-,62-,63-,64+,65-,66-,67-,68-,69-,70-,71-,72+/m0/s1. The highest BCUT2D eigenvalue weighted by molar-refractivity contribution is 5.75. The quantitative estimate of drug-likeness (QED) is 0.0273. The maximum atomic E-state index is 13.2. The molecule has 746 valence electrons. The minimum Gasteiger partial charge on any atom is -0.394 e. The van der Waals surface area contributed by atoms with Gasteiger partial charge in [-0.3, -0.25) is 28.8 Å². The minimum atomic E-state index is -2.74. The molecule has 9 heterocycles. The predicted molar refractivity (Wildman–Crippen MR) is 401 cm³/mol. The molecule has 6 amide bonds. The summed E-state index contributed by atoms with van der Waals surface area (Å²) >= 11 is 0. The molecule has 0 aromatic rings. The van der Waals surface area contributed by atoms with Gasteiger partial charge in [0.05, 0.1) is 78.7 Å². The topological polar surface area (TPSA) is 887 Å². The van der Waals surface area contributed by atoms with Crippen LogP contribution in [0.15, 0.2) is 0 Å². The fourth-order valence-corrected chi connectivity index (χ4v) is 16.2. The number of hydrogen-bond donors (Lipinski definition) is 33. The number of rotatable bonds is 38. The second-order valence-corrected chi connectivity index (χ2v) is 32.2. The van der Waals surface area contributed by atoms with Gasteiger partial charge in [0.15, 0.2) is 56.6 Å². The summed E-state index contributed by atoms with van der Waals surface area (Å²) in [6.07, 6.45) is -94.4. The molecule has 9 rings (SSSR count). The molecule has 9 aliphatic heterocycles. The van der Waals surface area contributed by atoms with Crippen molar-refractivity contribution in [1.82, 2.24) is 31.9 Å². The number of aliphatic hydroxyl groups excluding tert-OH is 27. The first-order valence-corrected chi connectivity index (χ1v) is 41.0. The Morgan fingerprint density at radius 1 is 0.264 bits per heavy atom. The van der Waals surface area contributed by atoms with Crippen LogP contribution in [-0.4, -0.2) is 546 Å². The minimum absolute atomic E-state index is 0.832. The fraction of sp³-hybridized carbons (Fsp3) is 0.917. The van der Waals surface area contributed by atoms with Gasteiger partial charge >= 0.3 is 0 Å². The lowest BCUT2D eigenvalue weighted by Gasteiger charge is -2.52. The van der Waals surface area contributed by atoms with Crippen LogP contribution in [0.5, 0.6) is 0 Å². The molecule has 9 saturated heterocycles. The van der Waals surface area contributed by atoms with Gasteiger partial charge in [0, 0.05) is 41.5 Å². The number of amides is 6. The normalized spacial score (nSPS) is 45.0. The summed E-state index contributed by atoms with van der Waals surface area (Å²) in [6, 6.07) is -11.3. The van der Waals surface area contributed by atoms with Gasteiger partial charge in [-0.1, -0.05) is 0 Å². The highest BCUT2D eigenvalue weighted by Gasteiger charge is 2.62. The van der Waals surface area contributed by atoms with Crippen molar-refractivity contribution in [3.05, 3.63) is 0 Å². The Kier molecular flexibility index (Phi) is 40.2. The van der Waals surface area contributed by atoms with E-state index in [1.807, 2.05) is 0 Å². The monoisotopic (exact) mass is 1890 g/mol. The fourth-order valence-electron chi connectivity index (χ4n) is 16.2. The molecule has 9 aliphatic rings. The highest BCUT2D eigenvalue weighted by Crippen LogP contribution is 2.41. The van der Waals surface area contributed by atoms with Crippen molar-refractivity contribution >= 4 is 35.4 Å². The summed E-state index contributed by atoms with van der Waals surface area (Å²) < 4.78 is 109. The molecule has 57 nitrogen and oxygen atoms in total. The van der Waals surface area contributed by atoms with Crippen molar-refractivity contribution < 1.29 is 252 Å². The largest absolute Gasteiger partial charge is 0.394 e. The molecule has 0 bridgehead atoms. The first-order chi connectivity index (χ1) is 61.0. The molecule has 0 aliphatic carbocycles. The average molecular weight is 1890 g/mol. The number of nitrogens with one attached hydrogen (secondary N) is 6. The SMILES string of the molecule is CC(=O)N[C@H]1[C@H](O[C@@H]([C@H](O)[C@H](CO)NC(C)=O)[C@H](O)CO)O[C@H](CO)[C@@H](O[C@@H]2O[C@H](CO[C@H]3O[C@H](CO[C@@H]4O[C@H](CO)[C@@H](O)[C@H](O)[C@H]4NC(C)=O)[C@@H](O)[C@H](O)[C@@H]3O[C@@H]3O[C@H](CO)[C@@H](O)[C@H](O)[C@H]3NC(C)=O)[C@@H](O)[C@H](O[C@H]3O[C@H](CO)[C@@H](O[C@@H]4O[C@H](CO)[C@@H](O)[C@H](O[C@@H]5O[C@H](CO)[C@H](O)[C@H](O)[C@H]5O)[C@H]4NC(C)=O)[C@H](O)[C@@H]3O[C@@H]3O[C@H](CO)[C@@H](O)[C@H](O)[C@H]3NC(C)=O)[C@@H]2O)[C@@H]1O. The molecule has 0 spiro atoms. The Bertz CT molecular complexity index is 3510. The van der Waals surface area contributed by atoms with Crippen molar-refractivity contribution in [2.75, 3.05) is 72.7 Å². The van der Waals surface area contributed by atoms with Crippen LogP contribution in [0, 0.1) is 0 Å². The zero-order valence-corrected chi connectivity index (χ0v) is 69.9. The van der Waals surface area contributed by atoms with E-state index in [1.54, 1.807) is 0 Å². The van der Waals surface area contributed by atoms with Crippen molar-refractivity contribution in [3.8, 4) is 0 Å². The first-order valence-electron chi connectivity index (χ1n) is 41.0. The van der Waals surface area contributed by atoms with Gasteiger partial charge < -0.3 is 255 Å². The number of carbonyl (C=O) groups is 6. The molecule has 0 unspecified atom stereocenters. The first kappa shape index (κ1) is 108. The van der Waals surface area contributed by atoms with E-state index in [1.165, 1.54) is 0 Å². The third-order valence-electron chi connectivity index (χ3n) is 22.9. The average Bonchev–Trinajstić information content (AvgIpc) is 0.760. The van der Waals surface area contributed by atoms with Gasteiger partial charge in [-0.15, -0.1) is 0 Å². The van der Waals surface area contributed by atoms with E-state index in [2.05, 4.69) is 31.9 Å². The van der Waals surface area contributed by atoms with Crippen LogP contribution in [0.25, 0.3) is 0 Å². The molecular weight excluding hydrogens is 1760 g/mol. The summed E-state index contributed by atoms with van der Waals surface area (Å²) in [5, 5.41) is 318. The summed E-state index contributed by atoms with van der Waals surface area (Å²) in [7, 11) is 0. The van der Waals surface area contributed by atoms with Gasteiger partial charge in [-0.05, 0) is 0 Å². The second kappa shape index (κ2) is 48.2. The number of carbonyl (C=O) groups excluding carboxylic acids is 6. The van der Waals surface area contributed by atoms with E-state index >= 15 is 0 Å². The van der Waals surface area contributed by atoms with Crippen molar-refractivity contribution in [3.63, 3.8) is 0 Å². The third-order valence-corrected chi connectivity index (χ3v) is 22.9. The molecule has 0 aromatic heterocycles. The van der Waals surface area contributed by atoms with Crippen LogP contribution in [0.3, 0.4) is 0 Å². The molecule has 57 heteroatoms. The van der Waals surface area contributed by atoms with E-state index in [-0.39, 0.29) is 0 Å². The lowest BCUT2D eigenvalue weighted by atomic mass is 9.93. The molecular formula is C72H122N6O51. The Morgan fingerprint density at radius 3 is 1.02 bits per heavy atom. The lowest BCUT2D eigenvalue weighted by molar-refractivity contribution is -0.404. The number of aliphatic hydroxyl groups is 27. The molecule has 0 saturated carbocycles. The Hall–Kier alpha value is -4.98. The summed E-state index contributed by atoms with van der Waals surface area (Å²) in [6.45, 7) is -7.15. The van der Waals surface area contributed by atoms with Crippen LogP contribution >= 0.6 is 0 Å². The number of hydrogen-bond acceptors (Lipinski definition) is 51. The van der Waals surface area contributed by atoms with Gasteiger partial charge in [0.2, 0.25) is 35.4 Å². The van der Waals surface area contributed by atoms with Crippen molar-refractivity contribution in [2.45, 2.75) is 342 Å². The summed E-state index contributed by atoms with van der Waals surface area (Å²) in [4.78, 5) is 76.8. The van der Waals surface area contributed by atoms with Crippen molar-refractivity contribution in [2.24, 2.45) is 0 Å². The summed E-state index contributed by atoms with van der Waals surface area (Å²) in [5.74, 6) is -5.62. The van der Waals surface area contributed by atoms with Gasteiger partial charge in [-0.2, -0.15) is 0 Å². The summed E-state index contributed by atoms with van der Waals surface area (Å²) in [5.41, 5.74) is 0. The zero-order valence-electron chi connectivity index (χ0n) is 69.9. The lowest BCUT2D eigenvalue weighted by Crippen LogP contribution is -2.71. The van der Waals surface area contributed by atoms with E-state index in [9.17, 15) is 167 Å². The Balaban J connectivity index is 1.16. The molecule has 0 radical (unpaired) electrons. The zero-order chi connectivity index (χ0) is 95.5. The van der Waals surface area contributed by atoms with Gasteiger partial charge in [0.1, 0.15) is 238 Å². The Morgan fingerprint density at radius 2 is 0.574 bits per heavy atom. The maximum Gasteiger partial charge on any atom is 0.217 e. The van der Waals surface area contributed by atoms with E-state index in [0.29, 0.717) is 0 Å². The highest BCUT2D eigenvalue weighted by atomic mass is 16.8. The smallest absolute Gasteiger partial charge is 0.217 e. The third kappa shape index (κ3) is 25.3.